The van der Waals surface area contributed by atoms with Crippen molar-refractivity contribution >= 4 is 19.4 Å². The van der Waals surface area contributed by atoms with Crippen molar-refractivity contribution in [2.24, 2.45) is 5.92 Å². The predicted molar refractivity (Wildman–Crippen MR) is 94.1 cm³/mol. The van der Waals surface area contributed by atoms with Crippen LogP contribution in [0.25, 0.3) is 0 Å². The van der Waals surface area contributed by atoms with Crippen molar-refractivity contribution < 1.29 is 86.1 Å². The summed E-state index contributed by atoms with van der Waals surface area (Å²) in [4.78, 5) is 33.3. The van der Waals surface area contributed by atoms with Crippen LogP contribution in [0.1, 0.15) is 28.7 Å². The monoisotopic (exact) mass is 404 g/mol. The third kappa shape index (κ3) is 11.9. The summed E-state index contributed by atoms with van der Waals surface area (Å²) < 4.78 is 11.7. The number of nitrogens with one attached hydrogen (secondary N) is 2. The Balaban J connectivity index is -0.000000720. The fourth-order valence-electron chi connectivity index (χ4n) is 2.30. The minimum Gasteiger partial charge on any atom is -1.00 e. The largest absolute Gasteiger partial charge is 1.00 e. The van der Waals surface area contributed by atoms with Gasteiger partial charge in [-0.2, -0.15) is 0 Å². The van der Waals surface area contributed by atoms with Crippen molar-refractivity contribution in [3.05, 3.63) is 35.9 Å². The van der Waals surface area contributed by atoms with E-state index in [1.807, 2.05) is 19.9 Å². The summed E-state index contributed by atoms with van der Waals surface area (Å²) >= 11 is 0. The third-order valence-electron chi connectivity index (χ3n) is 3.32. The van der Waals surface area contributed by atoms with Crippen molar-refractivity contribution in [3.63, 3.8) is 0 Å². The van der Waals surface area contributed by atoms with Gasteiger partial charge in [0, 0.05) is 6.66 Å². The molecule has 138 valence electrons. The first-order valence-electron chi connectivity index (χ1n) is 7.73. The average Bonchev–Trinajstić information content (AvgIpc) is 2.45. The van der Waals surface area contributed by atoms with Gasteiger partial charge in [-0.05, 0) is 24.3 Å². The first-order valence-corrected chi connectivity index (χ1v) is 9.84. The molecular weight excluding hydrogens is 377 g/mol. The summed E-state index contributed by atoms with van der Waals surface area (Å²) in [7, 11) is -3.67. The summed E-state index contributed by atoms with van der Waals surface area (Å²) in [6, 6.07) is 6.98. The molecule has 0 heterocycles. The molecule has 26 heavy (non-hydrogen) atoms. The van der Waals surface area contributed by atoms with Crippen LogP contribution in [0.2, 0.25) is 0 Å². The summed E-state index contributed by atoms with van der Waals surface area (Å²) in [6.07, 6.45) is 0.459. The Hall–Kier alpha value is 0.310. The van der Waals surface area contributed by atoms with Gasteiger partial charge in [-0.25, -0.2) is 9.88 Å². The van der Waals surface area contributed by atoms with E-state index in [9.17, 15) is 24.2 Å². The second-order valence-electron chi connectivity index (χ2n) is 6.28. The standard InChI is InChI=1S/C16H25N2O5P.2Na.2H/c1-11(2)9-14(16(20)21)17-15(19)13(18-24(3,22)23)10-12-7-5-4-6-8-12;;;;/h4-8,11,13-14H,9-10H2,1-3H3,(H,17,19)(H,20,21)(H2,18,22,23);;;;/q;2*+1;2*-1/t13-,14-;;;;/m0..../s1. The first-order chi connectivity index (χ1) is 11.1. The molecule has 3 atom stereocenters. The molecule has 0 saturated heterocycles. The normalized spacial score (nSPS) is 15.0. The van der Waals surface area contributed by atoms with Crippen LogP contribution in [0.3, 0.4) is 0 Å². The van der Waals surface area contributed by atoms with E-state index in [1.165, 1.54) is 0 Å². The predicted octanol–water partition coefficient (Wildman–Crippen LogP) is -4.15. The number of hydrogen-bond donors (Lipinski definition) is 4. The molecule has 1 aromatic rings. The summed E-state index contributed by atoms with van der Waals surface area (Å²) in [5.74, 6) is -1.65. The Morgan fingerprint density at radius 1 is 1.15 bits per heavy atom. The molecule has 1 amide bonds. The summed E-state index contributed by atoms with van der Waals surface area (Å²) in [5, 5.41) is 14.1. The van der Waals surface area contributed by atoms with Crippen molar-refractivity contribution in [2.45, 2.75) is 38.8 Å². The van der Waals surface area contributed by atoms with Gasteiger partial charge in [0.1, 0.15) is 6.04 Å². The molecule has 1 unspecified atom stereocenters. The van der Waals surface area contributed by atoms with Crippen LogP contribution >= 0.6 is 7.52 Å². The van der Waals surface area contributed by atoms with Crippen molar-refractivity contribution in [2.75, 3.05) is 6.66 Å². The van der Waals surface area contributed by atoms with E-state index in [0.717, 1.165) is 12.2 Å². The van der Waals surface area contributed by atoms with Crippen molar-refractivity contribution in [3.8, 4) is 0 Å². The maximum Gasteiger partial charge on any atom is 1.00 e. The zero-order chi connectivity index (χ0) is 18.3. The van der Waals surface area contributed by atoms with Gasteiger partial charge < -0.3 is 18.2 Å². The number of benzene rings is 1. The van der Waals surface area contributed by atoms with Gasteiger partial charge in [0.25, 0.3) is 7.52 Å². The number of hydrogen-bond acceptors (Lipinski definition) is 3. The minimum absolute atomic E-state index is 0. The first kappa shape index (κ1) is 28.5. The second kappa shape index (κ2) is 13.5. The molecule has 0 aromatic heterocycles. The third-order valence-corrected chi connectivity index (χ3v) is 4.11. The Bertz CT molecular complexity index is 620. The summed E-state index contributed by atoms with van der Waals surface area (Å²) in [6.45, 7) is 4.81. The van der Waals surface area contributed by atoms with Crippen LogP contribution < -0.4 is 69.5 Å². The quantitative estimate of drug-likeness (QED) is 0.245. The van der Waals surface area contributed by atoms with Crippen LogP contribution in [0, 0.1) is 5.92 Å². The van der Waals surface area contributed by atoms with Crippen LogP contribution in [0.5, 0.6) is 0 Å². The fraction of sp³-hybridized carbons (Fsp3) is 0.500. The van der Waals surface area contributed by atoms with Gasteiger partial charge in [-0.1, -0.05) is 44.2 Å². The minimum atomic E-state index is -3.67. The van der Waals surface area contributed by atoms with Gasteiger partial charge in [-0.3, -0.25) is 9.36 Å². The molecule has 0 aliphatic rings. The van der Waals surface area contributed by atoms with E-state index < -0.39 is 31.5 Å². The van der Waals surface area contributed by atoms with E-state index in [4.69, 9.17) is 0 Å². The number of amides is 1. The van der Waals surface area contributed by atoms with Gasteiger partial charge in [0.05, 0.1) is 6.04 Å². The zero-order valence-electron chi connectivity index (χ0n) is 18.1. The molecule has 0 aliphatic heterocycles. The zero-order valence-corrected chi connectivity index (χ0v) is 21.0. The Kier molecular flexibility index (Phi) is 14.8. The summed E-state index contributed by atoms with van der Waals surface area (Å²) in [5.41, 5.74) is 0.800. The van der Waals surface area contributed by atoms with Gasteiger partial charge in [-0.15, -0.1) is 0 Å². The Labute approximate surface area is 201 Å². The smallest absolute Gasteiger partial charge is 1.00 e. The number of carboxylic acids is 1. The van der Waals surface area contributed by atoms with Gasteiger partial charge >= 0.3 is 65.1 Å². The van der Waals surface area contributed by atoms with E-state index in [1.54, 1.807) is 24.3 Å². The molecular formula is C16H27N2Na2O5P. The topological polar surface area (TPSA) is 116 Å². The van der Waals surface area contributed by atoms with Crippen molar-refractivity contribution in [1.82, 2.24) is 10.4 Å². The van der Waals surface area contributed by atoms with Crippen LogP contribution in [0.15, 0.2) is 30.3 Å². The van der Waals surface area contributed by atoms with E-state index in [0.29, 0.717) is 0 Å². The molecule has 0 fully saturated rings. The van der Waals surface area contributed by atoms with E-state index in [-0.39, 0.29) is 80.7 Å². The number of carbonyl (C=O) groups excluding carboxylic acids is 1. The molecule has 0 radical (unpaired) electrons. The SMILES string of the molecule is CC(C)C[C@H](NC(=O)[C@H](Cc1ccccc1)NP(C)(=O)O)C(=O)O.[H-].[H-].[Na+].[Na+]. The maximum atomic E-state index is 12.5. The number of aliphatic carboxylic acids is 1. The molecule has 0 aliphatic carbocycles. The molecule has 1 rings (SSSR count). The number of rotatable bonds is 9. The van der Waals surface area contributed by atoms with E-state index in [2.05, 4.69) is 10.4 Å². The Morgan fingerprint density at radius 2 is 1.69 bits per heavy atom. The molecule has 10 heteroatoms. The molecule has 0 bridgehead atoms. The molecule has 7 nitrogen and oxygen atoms in total. The fourth-order valence-corrected chi connectivity index (χ4v) is 3.09. The Morgan fingerprint density at radius 3 is 2.12 bits per heavy atom. The molecule has 0 saturated carbocycles. The van der Waals surface area contributed by atoms with Gasteiger partial charge in [0.15, 0.2) is 0 Å². The number of carboxylic acid groups (broad SMARTS) is 1. The molecule has 4 N–H and O–H groups in total. The molecule has 0 spiro atoms. The molecule has 1 aromatic carbocycles. The number of carbonyl (C=O) groups is 2. The average molecular weight is 404 g/mol. The van der Waals surface area contributed by atoms with Gasteiger partial charge in [0.2, 0.25) is 5.91 Å². The van der Waals surface area contributed by atoms with Crippen LogP contribution in [0.4, 0.5) is 0 Å². The van der Waals surface area contributed by atoms with Crippen molar-refractivity contribution in [1.29, 1.82) is 0 Å². The van der Waals surface area contributed by atoms with Crippen LogP contribution in [-0.2, 0) is 20.6 Å². The van der Waals surface area contributed by atoms with Crippen LogP contribution in [-0.4, -0.2) is 40.6 Å². The second-order valence-corrected chi connectivity index (χ2v) is 8.30. The maximum absolute atomic E-state index is 12.5. The van der Waals surface area contributed by atoms with E-state index >= 15 is 0 Å².